The number of anilines is 1. The first-order chi connectivity index (χ1) is 12.3. The molecule has 1 aliphatic heterocycles. The quantitative estimate of drug-likeness (QED) is 0.844. The van der Waals surface area contributed by atoms with Crippen molar-refractivity contribution in [1.82, 2.24) is 14.9 Å². The second-order valence-corrected chi connectivity index (χ2v) is 8.26. The molecule has 1 saturated carbocycles. The van der Waals surface area contributed by atoms with Crippen molar-refractivity contribution < 1.29 is 27.5 Å². The van der Waals surface area contributed by atoms with Gasteiger partial charge in [-0.25, -0.2) is 9.78 Å². The first-order valence-corrected chi connectivity index (χ1v) is 8.52. The molecule has 10 heteroatoms. The number of amides is 2. The predicted molar refractivity (Wildman–Crippen MR) is 88.7 cm³/mol. The number of hydrogen-bond donors (Lipinski definition) is 1. The highest BCUT2D eigenvalue weighted by Crippen LogP contribution is 2.59. The van der Waals surface area contributed by atoms with Crippen LogP contribution in [0.5, 0.6) is 0 Å². The molecule has 7 nitrogen and oxygen atoms in total. The molecule has 1 saturated heterocycles. The number of likely N-dealkylation sites (tertiary alicyclic amines) is 1. The van der Waals surface area contributed by atoms with Gasteiger partial charge < -0.3 is 10.1 Å². The zero-order valence-electron chi connectivity index (χ0n) is 15.4. The Kier molecular flexibility index (Phi) is 4.35. The van der Waals surface area contributed by atoms with E-state index in [2.05, 4.69) is 15.3 Å². The third-order valence-electron chi connectivity index (χ3n) is 4.72. The molecule has 1 N–H and O–H groups in total. The third kappa shape index (κ3) is 3.98. The Morgan fingerprint density at radius 2 is 1.93 bits per heavy atom. The fourth-order valence-electron chi connectivity index (χ4n) is 3.35. The molecule has 0 radical (unpaired) electrons. The SMILES string of the molecule is CC(C)(C)OC(=O)N1[C@H](C(=O)Nc2cncc(C(F)(F)F)n2)C[C@@]2(C)C[C@@H]12. The molecule has 2 amide bonds. The Morgan fingerprint density at radius 1 is 1.26 bits per heavy atom. The monoisotopic (exact) mass is 386 g/mol. The van der Waals surface area contributed by atoms with Crippen LogP contribution in [-0.4, -0.2) is 44.6 Å². The number of carbonyl (C=O) groups excluding carboxylic acids is 2. The number of carbonyl (C=O) groups is 2. The summed E-state index contributed by atoms with van der Waals surface area (Å²) in [5.41, 5.74) is -2.11. The normalized spacial score (nSPS) is 27.1. The summed E-state index contributed by atoms with van der Waals surface area (Å²) in [5, 5.41) is 2.34. The summed E-state index contributed by atoms with van der Waals surface area (Å²) in [7, 11) is 0. The summed E-state index contributed by atoms with van der Waals surface area (Å²) >= 11 is 0. The van der Waals surface area contributed by atoms with Gasteiger partial charge in [-0.3, -0.25) is 14.7 Å². The molecule has 1 aliphatic carbocycles. The maximum atomic E-state index is 12.8. The van der Waals surface area contributed by atoms with E-state index in [1.165, 1.54) is 4.90 Å². The van der Waals surface area contributed by atoms with Crippen molar-refractivity contribution in [2.24, 2.45) is 5.41 Å². The molecular formula is C17H21F3N4O3. The van der Waals surface area contributed by atoms with Crippen LogP contribution in [0.25, 0.3) is 0 Å². The number of fused-ring (bicyclic) bond motifs is 1. The number of aromatic nitrogens is 2. The van der Waals surface area contributed by atoms with E-state index in [1.807, 2.05) is 6.92 Å². The molecule has 0 spiro atoms. The molecule has 0 unspecified atom stereocenters. The van der Waals surface area contributed by atoms with E-state index in [9.17, 15) is 22.8 Å². The lowest BCUT2D eigenvalue weighted by atomic mass is 10.0. The van der Waals surface area contributed by atoms with Gasteiger partial charge >= 0.3 is 12.3 Å². The lowest BCUT2D eigenvalue weighted by molar-refractivity contribution is -0.141. The summed E-state index contributed by atoms with van der Waals surface area (Å²) in [6, 6.07) is -0.948. The van der Waals surface area contributed by atoms with Crippen LogP contribution in [0.1, 0.15) is 46.2 Å². The van der Waals surface area contributed by atoms with Crippen LogP contribution in [0.4, 0.5) is 23.8 Å². The highest BCUT2D eigenvalue weighted by atomic mass is 19.4. The van der Waals surface area contributed by atoms with Gasteiger partial charge in [0.15, 0.2) is 11.5 Å². The number of nitrogens with zero attached hydrogens (tertiary/aromatic N) is 3. The van der Waals surface area contributed by atoms with E-state index in [1.54, 1.807) is 20.8 Å². The number of alkyl halides is 3. The fourth-order valence-corrected chi connectivity index (χ4v) is 3.35. The van der Waals surface area contributed by atoms with E-state index in [-0.39, 0.29) is 17.3 Å². The molecular weight excluding hydrogens is 365 g/mol. The molecule has 2 heterocycles. The summed E-state index contributed by atoms with van der Waals surface area (Å²) < 4.78 is 43.7. The maximum Gasteiger partial charge on any atom is 0.434 e. The first kappa shape index (κ1) is 19.4. The predicted octanol–water partition coefficient (Wildman–Crippen LogP) is 3.22. The second-order valence-electron chi connectivity index (χ2n) is 8.26. The van der Waals surface area contributed by atoms with Crippen LogP contribution >= 0.6 is 0 Å². The van der Waals surface area contributed by atoms with Gasteiger partial charge in [0, 0.05) is 6.04 Å². The van der Waals surface area contributed by atoms with Gasteiger partial charge in [-0.05, 0) is 39.0 Å². The minimum Gasteiger partial charge on any atom is -0.444 e. The van der Waals surface area contributed by atoms with Crippen molar-refractivity contribution in [2.45, 2.75) is 64.4 Å². The standard InChI is InChI=1S/C17H21F3N4O3/c1-15(2,3)27-14(26)24-9(5-16(4)6-11(16)24)13(25)23-12-8-21-7-10(22-12)17(18,19)20/h7-9,11H,5-6H2,1-4H3,(H,22,23,25)/t9-,11+,16-/m0/s1. The maximum absolute atomic E-state index is 12.8. The first-order valence-electron chi connectivity index (χ1n) is 8.52. The van der Waals surface area contributed by atoms with E-state index in [0.717, 1.165) is 12.6 Å². The van der Waals surface area contributed by atoms with E-state index in [0.29, 0.717) is 12.6 Å². The Morgan fingerprint density at radius 3 is 2.52 bits per heavy atom. The van der Waals surface area contributed by atoms with Crippen molar-refractivity contribution in [3.8, 4) is 0 Å². The summed E-state index contributed by atoms with van der Waals surface area (Å²) in [5.74, 6) is -0.924. The molecule has 0 aromatic carbocycles. The van der Waals surface area contributed by atoms with Gasteiger partial charge in [-0.2, -0.15) is 13.2 Å². The van der Waals surface area contributed by atoms with Crippen LogP contribution in [0.3, 0.4) is 0 Å². The molecule has 2 fully saturated rings. The van der Waals surface area contributed by atoms with Crippen LogP contribution in [0, 0.1) is 5.41 Å². The highest BCUT2D eigenvalue weighted by molar-refractivity contribution is 5.96. The molecule has 3 atom stereocenters. The smallest absolute Gasteiger partial charge is 0.434 e. The average Bonchev–Trinajstić information content (AvgIpc) is 3.06. The molecule has 3 rings (SSSR count). The summed E-state index contributed by atoms with van der Waals surface area (Å²) in [4.78, 5) is 33.4. The lowest BCUT2D eigenvalue weighted by Gasteiger charge is -2.29. The second kappa shape index (κ2) is 6.07. The zero-order chi connectivity index (χ0) is 20.2. The van der Waals surface area contributed by atoms with E-state index in [4.69, 9.17) is 4.74 Å². The van der Waals surface area contributed by atoms with Gasteiger partial charge in [-0.1, -0.05) is 6.92 Å². The number of rotatable bonds is 2. The van der Waals surface area contributed by atoms with Gasteiger partial charge in [0.25, 0.3) is 0 Å². The number of halogens is 3. The van der Waals surface area contributed by atoms with Crippen molar-refractivity contribution in [3.05, 3.63) is 18.1 Å². The fraction of sp³-hybridized carbons (Fsp3) is 0.647. The Balaban J connectivity index is 1.76. The van der Waals surface area contributed by atoms with E-state index >= 15 is 0 Å². The summed E-state index contributed by atoms with van der Waals surface area (Å²) in [6.45, 7) is 7.13. The van der Waals surface area contributed by atoms with E-state index < -0.39 is 35.5 Å². The Labute approximate surface area is 154 Å². The number of piperidine rings is 1. The van der Waals surface area contributed by atoms with Gasteiger partial charge in [0.2, 0.25) is 5.91 Å². The average molecular weight is 386 g/mol. The number of ether oxygens (including phenoxy) is 1. The third-order valence-corrected chi connectivity index (χ3v) is 4.72. The molecule has 1 aromatic rings. The van der Waals surface area contributed by atoms with Crippen LogP contribution < -0.4 is 5.32 Å². The highest BCUT2D eigenvalue weighted by Gasteiger charge is 2.65. The number of hydrogen-bond acceptors (Lipinski definition) is 5. The van der Waals surface area contributed by atoms with Crippen molar-refractivity contribution in [2.75, 3.05) is 5.32 Å². The molecule has 2 aliphatic rings. The largest absolute Gasteiger partial charge is 0.444 e. The topological polar surface area (TPSA) is 84.4 Å². The molecule has 1 aromatic heterocycles. The number of nitrogens with one attached hydrogen (secondary N) is 1. The van der Waals surface area contributed by atoms with Gasteiger partial charge in [0.1, 0.15) is 11.6 Å². The lowest BCUT2D eigenvalue weighted by Crippen LogP contribution is -2.47. The van der Waals surface area contributed by atoms with Crippen LogP contribution in [-0.2, 0) is 15.7 Å². The van der Waals surface area contributed by atoms with Crippen molar-refractivity contribution in [3.63, 3.8) is 0 Å². The minimum atomic E-state index is -4.67. The molecule has 0 bridgehead atoms. The zero-order valence-corrected chi connectivity index (χ0v) is 15.4. The van der Waals surface area contributed by atoms with Gasteiger partial charge in [0.05, 0.1) is 12.4 Å². The molecule has 27 heavy (non-hydrogen) atoms. The Hall–Kier alpha value is -2.39. The van der Waals surface area contributed by atoms with Gasteiger partial charge in [-0.15, -0.1) is 0 Å². The summed E-state index contributed by atoms with van der Waals surface area (Å²) in [6.07, 6.45) is -2.49. The van der Waals surface area contributed by atoms with Crippen LogP contribution in [0.15, 0.2) is 12.4 Å². The molecule has 148 valence electrons. The van der Waals surface area contributed by atoms with Crippen molar-refractivity contribution in [1.29, 1.82) is 0 Å². The Bertz CT molecular complexity index is 777. The van der Waals surface area contributed by atoms with Crippen molar-refractivity contribution >= 4 is 17.8 Å². The minimum absolute atomic E-state index is 0.115. The van der Waals surface area contributed by atoms with Crippen LogP contribution in [0.2, 0.25) is 0 Å².